The maximum Gasteiger partial charge on any atom is 0.338 e. The molecular weight excluding hydrogens is 544 g/mol. The molecule has 0 amide bonds. The van der Waals surface area contributed by atoms with Gasteiger partial charge in [0.2, 0.25) is 0 Å². The second kappa shape index (κ2) is 8.17. The van der Waals surface area contributed by atoms with Gasteiger partial charge in [-0.3, -0.25) is 9.36 Å². The highest BCUT2D eigenvalue weighted by molar-refractivity contribution is 9.13. The number of carbonyl (C=O) groups is 1. The third-order valence-electron chi connectivity index (χ3n) is 4.27. The Morgan fingerprint density at radius 1 is 1.45 bits per heavy atom. The number of furan rings is 1. The maximum absolute atomic E-state index is 13.3. The van der Waals surface area contributed by atoms with Gasteiger partial charge in [0.1, 0.15) is 11.8 Å². The smallest absolute Gasteiger partial charge is 0.338 e. The molecule has 0 aliphatic carbocycles. The molecule has 1 atom stereocenters. The van der Waals surface area contributed by atoms with Crippen LogP contribution in [0.25, 0.3) is 6.08 Å². The molecule has 0 saturated heterocycles. The lowest BCUT2D eigenvalue weighted by Crippen LogP contribution is -2.39. The number of thiophene rings is 1. The quantitative estimate of drug-likeness (QED) is 0.455. The minimum absolute atomic E-state index is 0.231. The summed E-state index contributed by atoms with van der Waals surface area (Å²) in [7, 11) is 0. The van der Waals surface area contributed by atoms with Crippen molar-refractivity contribution < 1.29 is 13.9 Å². The van der Waals surface area contributed by atoms with Crippen LogP contribution < -0.4 is 14.9 Å². The molecule has 0 N–H and O–H groups in total. The molecule has 0 bridgehead atoms. The second-order valence-corrected chi connectivity index (χ2v) is 9.65. The fourth-order valence-electron chi connectivity index (χ4n) is 3.07. The number of halogens is 2. The first-order valence-corrected chi connectivity index (χ1v) is 11.9. The van der Waals surface area contributed by atoms with Gasteiger partial charge in [0.25, 0.3) is 5.56 Å². The SMILES string of the molecule is CCOC(=O)C1=C(C)N=c2s/c(=C/c3cc(Br)c(Br)o3)c(=O)n2[C@@H]1c1cccs1. The van der Waals surface area contributed by atoms with Crippen LogP contribution in [0, 0.1) is 0 Å². The Morgan fingerprint density at radius 2 is 2.24 bits per heavy atom. The lowest BCUT2D eigenvalue weighted by molar-refractivity contribution is -0.139. The number of fused-ring (bicyclic) bond motifs is 1. The van der Waals surface area contributed by atoms with Crippen LogP contribution in [-0.4, -0.2) is 17.1 Å². The van der Waals surface area contributed by atoms with E-state index in [2.05, 4.69) is 36.9 Å². The molecule has 0 spiro atoms. The number of hydrogen-bond donors (Lipinski definition) is 0. The summed E-state index contributed by atoms with van der Waals surface area (Å²) in [6.07, 6.45) is 1.67. The number of hydrogen-bond acceptors (Lipinski definition) is 7. The van der Waals surface area contributed by atoms with Crippen molar-refractivity contribution in [3.05, 3.63) is 74.3 Å². The lowest BCUT2D eigenvalue weighted by atomic mass is 10.0. The van der Waals surface area contributed by atoms with Crippen LogP contribution in [0.1, 0.15) is 30.5 Å². The summed E-state index contributed by atoms with van der Waals surface area (Å²) < 4.78 is 14.2. The first-order chi connectivity index (χ1) is 13.9. The number of aromatic nitrogens is 1. The Kier molecular flexibility index (Phi) is 5.78. The van der Waals surface area contributed by atoms with Gasteiger partial charge < -0.3 is 9.15 Å². The zero-order valence-corrected chi connectivity index (χ0v) is 20.1. The molecule has 0 saturated carbocycles. The molecule has 4 rings (SSSR count). The highest BCUT2D eigenvalue weighted by atomic mass is 79.9. The van der Waals surface area contributed by atoms with Gasteiger partial charge in [-0.25, -0.2) is 9.79 Å². The Balaban J connectivity index is 1.94. The predicted molar refractivity (Wildman–Crippen MR) is 119 cm³/mol. The molecule has 29 heavy (non-hydrogen) atoms. The molecule has 3 aromatic rings. The molecule has 0 unspecified atom stereocenters. The van der Waals surface area contributed by atoms with Crippen LogP contribution in [-0.2, 0) is 9.53 Å². The fourth-order valence-corrected chi connectivity index (χ4v) is 5.53. The molecule has 4 heterocycles. The second-order valence-electron chi connectivity index (χ2n) is 6.09. The topological polar surface area (TPSA) is 73.8 Å². The van der Waals surface area contributed by atoms with Crippen LogP contribution in [0.5, 0.6) is 0 Å². The van der Waals surface area contributed by atoms with Gasteiger partial charge in [-0.05, 0) is 63.2 Å². The summed E-state index contributed by atoms with van der Waals surface area (Å²) in [5, 5.41) is 1.92. The van der Waals surface area contributed by atoms with Gasteiger partial charge in [0.05, 0.1) is 26.9 Å². The first kappa shape index (κ1) is 20.5. The Morgan fingerprint density at radius 3 is 2.86 bits per heavy atom. The summed E-state index contributed by atoms with van der Waals surface area (Å²) in [5.41, 5.74) is 0.708. The number of nitrogens with zero attached hydrogens (tertiary/aromatic N) is 2. The van der Waals surface area contributed by atoms with Gasteiger partial charge in [0, 0.05) is 11.0 Å². The fraction of sp³-hybridized carbons (Fsp3) is 0.211. The van der Waals surface area contributed by atoms with Gasteiger partial charge in [0.15, 0.2) is 9.47 Å². The average Bonchev–Trinajstić information content (AvgIpc) is 3.36. The number of allylic oxidation sites excluding steroid dienone is 1. The normalized spacial score (nSPS) is 16.7. The van der Waals surface area contributed by atoms with Gasteiger partial charge in [-0.15, -0.1) is 11.3 Å². The molecule has 1 aliphatic heterocycles. The average molecular weight is 558 g/mol. The molecule has 3 aromatic heterocycles. The Bertz CT molecular complexity index is 1280. The number of carbonyl (C=O) groups excluding carboxylic acids is 1. The third kappa shape index (κ3) is 3.74. The zero-order chi connectivity index (χ0) is 20.7. The highest BCUT2D eigenvalue weighted by Gasteiger charge is 2.33. The number of thiazole rings is 1. The minimum atomic E-state index is -0.567. The van der Waals surface area contributed by atoms with E-state index in [0.29, 0.717) is 31.0 Å². The van der Waals surface area contributed by atoms with Crippen molar-refractivity contribution in [2.75, 3.05) is 6.61 Å². The Hall–Kier alpha value is -1.75. The minimum Gasteiger partial charge on any atom is -0.463 e. The maximum atomic E-state index is 13.3. The van der Waals surface area contributed by atoms with Crippen molar-refractivity contribution >= 4 is 66.6 Å². The summed E-state index contributed by atoms with van der Waals surface area (Å²) in [6, 6.07) is 5.01. The van der Waals surface area contributed by atoms with E-state index in [4.69, 9.17) is 9.15 Å². The molecule has 1 aliphatic rings. The third-order valence-corrected chi connectivity index (χ3v) is 7.89. The van der Waals surface area contributed by atoms with Crippen molar-refractivity contribution in [3.8, 4) is 0 Å². The number of ether oxygens (including phenoxy) is 1. The van der Waals surface area contributed by atoms with Crippen LogP contribution in [0.3, 0.4) is 0 Å². The van der Waals surface area contributed by atoms with Crippen LogP contribution >= 0.6 is 54.5 Å². The van der Waals surface area contributed by atoms with Crippen molar-refractivity contribution in [2.24, 2.45) is 4.99 Å². The summed E-state index contributed by atoms with van der Waals surface area (Å²) >= 11 is 9.41. The highest BCUT2D eigenvalue weighted by Crippen LogP contribution is 2.33. The van der Waals surface area contributed by atoms with Crippen molar-refractivity contribution in [2.45, 2.75) is 19.9 Å². The van der Waals surface area contributed by atoms with Gasteiger partial charge >= 0.3 is 5.97 Å². The standard InChI is InChI=1S/C19H14Br2N2O4S2/c1-3-26-18(25)14-9(2)22-19-23(15(14)12-5-4-6-28-12)17(24)13(29-19)8-10-7-11(20)16(21)27-10/h4-8,15H,3H2,1-2H3/b13-8+/t15-/m1/s1. The van der Waals surface area contributed by atoms with E-state index < -0.39 is 12.0 Å². The van der Waals surface area contributed by atoms with E-state index in [1.807, 2.05) is 17.5 Å². The zero-order valence-electron chi connectivity index (χ0n) is 15.3. The van der Waals surface area contributed by atoms with E-state index in [1.54, 1.807) is 30.6 Å². The summed E-state index contributed by atoms with van der Waals surface area (Å²) in [6.45, 7) is 3.77. The van der Waals surface area contributed by atoms with E-state index in [0.717, 1.165) is 9.35 Å². The van der Waals surface area contributed by atoms with E-state index in [-0.39, 0.29) is 12.2 Å². The Labute approximate surface area is 190 Å². The largest absolute Gasteiger partial charge is 0.463 e. The summed E-state index contributed by atoms with van der Waals surface area (Å²) in [4.78, 5) is 31.9. The lowest BCUT2D eigenvalue weighted by Gasteiger charge is -2.23. The van der Waals surface area contributed by atoms with Crippen molar-refractivity contribution in [3.63, 3.8) is 0 Å². The molecule has 10 heteroatoms. The number of esters is 1. The van der Waals surface area contributed by atoms with Crippen LogP contribution in [0.2, 0.25) is 0 Å². The van der Waals surface area contributed by atoms with Crippen LogP contribution in [0.15, 0.2) is 58.2 Å². The van der Waals surface area contributed by atoms with E-state index in [1.165, 1.54) is 22.7 Å². The van der Waals surface area contributed by atoms with Gasteiger partial charge in [-0.1, -0.05) is 17.4 Å². The van der Waals surface area contributed by atoms with E-state index >= 15 is 0 Å². The summed E-state index contributed by atoms with van der Waals surface area (Å²) in [5.74, 6) is 0.0725. The first-order valence-electron chi connectivity index (χ1n) is 8.58. The van der Waals surface area contributed by atoms with Crippen molar-refractivity contribution in [1.82, 2.24) is 4.57 Å². The van der Waals surface area contributed by atoms with Gasteiger partial charge in [-0.2, -0.15) is 0 Å². The molecule has 6 nitrogen and oxygen atoms in total. The molecule has 150 valence electrons. The molecule has 0 radical (unpaired) electrons. The number of rotatable bonds is 4. The molecule has 0 fully saturated rings. The van der Waals surface area contributed by atoms with Crippen LogP contribution in [0.4, 0.5) is 0 Å². The van der Waals surface area contributed by atoms with E-state index in [9.17, 15) is 9.59 Å². The monoisotopic (exact) mass is 556 g/mol. The van der Waals surface area contributed by atoms with Crippen molar-refractivity contribution in [1.29, 1.82) is 0 Å². The molecular formula is C19H14Br2N2O4S2. The predicted octanol–water partition coefficient (Wildman–Crippen LogP) is 3.98. The molecule has 0 aromatic carbocycles.